The summed E-state index contributed by atoms with van der Waals surface area (Å²) >= 11 is 6.19. The predicted octanol–water partition coefficient (Wildman–Crippen LogP) is 4.58. The van der Waals surface area contributed by atoms with E-state index in [0.29, 0.717) is 23.7 Å². The number of rotatable bonds is 6. The van der Waals surface area contributed by atoms with E-state index in [1.807, 2.05) is 38.1 Å². The molecule has 0 heterocycles. The standard InChI is InChI=1S/C17H19ClFNO/c1-3-20-17(16-14(18)6-5-7-15(16)19)12-8-10-13(11-9-12)21-4-2/h5-11,17,20H,3-4H2,1-2H3. The summed E-state index contributed by atoms with van der Waals surface area (Å²) in [6.45, 7) is 5.25. The average Bonchev–Trinajstić information content (AvgIpc) is 2.47. The van der Waals surface area contributed by atoms with Gasteiger partial charge in [0.05, 0.1) is 12.6 Å². The summed E-state index contributed by atoms with van der Waals surface area (Å²) < 4.78 is 19.6. The van der Waals surface area contributed by atoms with Crippen LogP contribution in [0.25, 0.3) is 0 Å². The van der Waals surface area contributed by atoms with E-state index in [1.165, 1.54) is 6.07 Å². The van der Waals surface area contributed by atoms with Crippen LogP contribution in [-0.4, -0.2) is 13.2 Å². The van der Waals surface area contributed by atoms with E-state index in [2.05, 4.69) is 5.32 Å². The highest BCUT2D eigenvalue weighted by molar-refractivity contribution is 6.31. The van der Waals surface area contributed by atoms with Crippen molar-refractivity contribution in [3.63, 3.8) is 0 Å². The van der Waals surface area contributed by atoms with Gasteiger partial charge in [0.1, 0.15) is 11.6 Å². The summed E-state index contributed by atoms with van der Waals surface area (Å²) in [4.78, 5) is 0. The van der Waals surface area contributed by atoms with Crippen LogP contribution >= 0.6 is 11.6 Å². The molecule has 0 bridgehead atoms. The summed E-state index contributed by atoms with van der Waals surface area (Å²) in [5.41, 5.74) is 1.43. The zero-order chi connectivity index (χ0) is 15.2. The number of ether oxygens (including phenoxy) is 1. The molecule has 2 nitrogen and oxygen atoms in total. The van der Waals surface area contributed by atoms with Crippen molar-refractivity contribution in [1.82, 2.24) is 5.32 Å². The summed E-state index contributed by atoms with van der Waals surface area (Å²) in [5.74, 6) is 0.499. The SMILES string of the molecule is CCNC(c1ccc(OCC)cc1)c1c(F)cccc1Cl. The molecule has 0 radical (unpaired) electrons. The molecule has 21 heavy (non-hydrogen) atoms. The predicted molar refractivity (Wildman–Crippen MR) is 84.5 cm³/mol. The molecule has 0 fully saturated rings. The highest BCUT2D eigenvalue weighted by atomic mass is 35.5. The van der Waals surface area contributed by atoms with E-state index >= 15 is 0 Å². The van der Waals surface area contributed by atoms with Crippen molar-refractivity contribution in [2.75, 3.05) is 13.2 Å². The van der Waals surface area contributed by atoms with E-state index < -0.39 is 0 Å². The Hall–Kier alpha value is -1.58. The minimum atomic E-state index is -0.303. The maximum absolute atomic E-state index is 14.2. The van der Waals surface area contributed by atoms with Gasteiger partial charge in [0.15, 0.2) is 0 Å². The Balaban J connectivity index is 2.38. The molecule has 0 aromatic heterocycles. The van der Waals surface area contributed by atoms with Gasteiger partial charge in [-0.1, -0.05) is 36.7 Å². The van der Waals surface area contributed by atoms with Gasteiger partial charge in [0.25, 0.3) is 0 Å². The van der Waals surface area contributed by atoms with Gasteiger partial charge < -0.3 is 10.1 Å². The van der Waals surface area contributed by atoms with Crippen LogP contribution in [0.2, 0.25) is 5.02 Å². The number of hydrogen-bond donors (Lipinski definition) is 1. The van der Waals surface area contributed by atoms with Gasteiger partial charge in [-0.15, -0.1) is 0 Å². The molecule has 1 atom stereocenters. The largest absolute Gasteiger partial charge is 0.494 e. The Bertz CT molecular complexity index is 566. The van der Waals surface area contributed by atoms with E-state index in [-0.39, 0.29) is 11.9 Å². The molecule has 2 aromatic carbocycles. The lowest BCUT2D eigenvalue weighted by Gasteiger charge is -2.21. The van der Waals surface area contributed by atoms with Crippen LogP contribution < -0.4 is 10.1 Å². The Kier molecular flexibility index (Phi) is 5.59. The molecule has 1 N–H and O–H groups in total. The maximum atomic E-state index is 14.2. The van der Waals surface area contributed by atoms with Gasteiger partial charge in [0.2, 0.25) is 0 Å². The Morgan fingerprint density at radius 3 is 2.43 bits per heavy atom. The van der Waals surface area contributed by atoms with Gasteiger partial charge >= 0.3 is 0 Å². The average molecular weight is 308 g/mol. The zero-order valence-corrected chi connectivity index (χ0v) is 13.0. The molecule has 0 aliphatic carbocycles. The van der Waals surface area contributed by atoms with Crippen molar-refractivity contribution < 1.29 is 9.13 Å². The van der Waals surface area contributed by atoms with Crippen molar-refractivity contribution in [2.24, 2.45) is 0 Å². The van der Waals surface area contributed by atoms with E-state index in [9.17, 15) is 4.39 Å². The van der Waals surface area contributed by atoms with Gasteiger partial charge in [-0.25, -0.2) is 4.39 Å². The molecule has 2 aromatic rings. The normalized spacial score (nSPS) is 12.2. The fourth-order valence-corrected chi connectivity index (χ4v) is 2.57. The van der Waals surface area contributed by atoms with E-state index in [1.54, 1.807) is 12.1 Å². The van der Waals surface area contributed by atoms with Crippen molar-refractivity contribution in [1.29, 1.82) is 0 Å². The minimum absolute atomic E-state index is 0.278. The van der Waals surface area contributed by atoms with Crippen LogP contribution in [0.1, 0.15) is 31.0 Å². The molecule has 0 saturated carbocycles. The van der Waals surface area contributed by atoms with Crippen molar-refractivity contribution in [3.05, 3.63) is 64.4 Å². The number of nitrogens with one attached hydrogen (secondary N) is 1. The van der Waals surface area contributed by atoms with Crippen molar-refractivity contribution in [3.8, 4) is 5.75 Å². The van der Waals surface area contributed by atoms with Gasteiger partial charge in [0, 0.05) is 10.6 Å². The van der Waals surface area contributed by atoms with Crippen LogP contribution in [0.5, 0.6) is 5.75 Å². The van der Waals surface area contributed by atoms with Crippen LogP contribution in [0.3, 0.4) is 0 Å². The van der Waals surface area contributed by atoms with Gasteiger partial charge in [-0.05, 0) is 43.3 Å². The summed E-state index contributed by atoms with van der Waals surface area (Å²) in [6, 6.07) is 12.1. The first kappa shape index (κ1) is 15.8. The van der Waals surface area contributed by atoms with Crippen LogP contribution in [0.4, 0.5) is 4.39 Å². The third-order valence-corrected chi connectivity index (χ3v) is 3.55. The van der Waals surface area contributed by atoms with Crippen molar-refractivity contribution >= 4 is 11.6 Å². The minimum Gasteiger partial charge on any atom is -0.494 e. The molecule has 112 valence electrons. The topological polar surface area (TPSA) is 21.3 Å². The molecule has 0 spiro atoms. The van der Waals surface area contributed by atoms with Gasteiger partial charge in [-0.2, -0.15) is 0 Å². The Labute approximate surface area is 129 Å². The lowest BCUT2D eigenvalue weighted by Crippen LogP contribution is -2.23. The van der Waals surface area contributed by atoms with Crippen molar-refractivity contribution in [2.45, 2.75) is 19.9 Å². The van der Waals surface area contributed by atoms with Gasteiger partial charge in [-0.3, -0.25) is 0 Å². The quantitative estimate of drug-likeness (QED) is 0.843. The second kappa shape index (κ2) is 7.43. The lowest BCUT2D eigenvalue weighted by atomic mass is 9.98. The summed E-state index contributed by atoms with van der Waals surface area (Å²) in [5, 5.41) is 3.71. The zero-order valence-electron chi connectivity index (χ0n) is 12.2. The molecule has 0 saturated heterocycles. The number of hydrogen-bond acceptors (Lipinski definition) is 2. The third-order valence-electron chi connectivity index (χ3n) is 3.22. The smallest absolute Gasteiger partial charge is 0.129 e. The highest BCUT2D eigenvalue weighted by Crippen LogP contribution is 2.31. The first-order valence-corrected chi connectivity index (χ1v) is 7.45. The molecule has 0 aliphatic rings. The molecular weight excluding hydrogens is 289 g/mol. The number of halogens is 2. The lowest BCUT2D eigenvalue weighted by molar-refractivity contribution is 0.340. The maximum Gasteiger partial charge on any atom is 0.129 e. The highest BCUT2D eigenvalue weighted by Gasteiger charge is 2.20. The van der Waals surface area contributed by atoms with E-state index in [4.69, 9.17) is 16.3 Å². The molecule has 0 aliphatic heterocycles. The third kappa shape index (κ3) is 3.74. The van der Waals surface area contributed by atoms with Crippen LogP contribution in [0.15, 0.2) is 42.5 Å². The molecule has 0 amide bonds. The molecular formula is C17H19ClFNO. The first-order valence-electron chi connectivity index (χ1n) is 7.07. The number of benzene rings is 2. The van der Waals surface area contributed by atoms with E-state index in [0.717, 1.165) is 11.3 Å². The summed E-state index contributed by atoms with van der Waals surface area (Å²) in [7, 11) is 0. The second-order valence-electron chi connectivity index (χ2n) is 4.63. The fraction of sp³-hybridized carbons (Fsp3) is 0.294. The molecule has 1 unspecified atom stereocenters. The first-order chi connectivity index (χ1) is 10.2. The van der Waals surface area contributed by atoms with Crippen LogP contribution in [-0.2, 0) is 0 Å². The molecule has 4 heteroatoms. The second-order valence-corrected chi connectivity index (χ2v) is 5.04. The Morgan fingerprint density at radius 1 is 1.14 bits per heavy atom. The monoisotopic (exact) mass is 307 g/mol. The molecule has 2 rings (SSSR count). The summed E-state index contributed by atoms with van der Waals surface area (Å²) in [6.07, 6.45) is 0. The Morgan fingerprint density at radius 2 is 1.86 bits per heavy atom. The fourth-order valence-electron chi connectivity index (χ4n) is 2.30. The van der Waals surface area contributed by atoms with Crippen LogP contribution in [0, 0.1) is 5.82 Å².